The van der Waals surface area contributed by atoms with E-state index in [1.165, 1.54) is 6.20 Å². The summed E-state index contributed by atoms with van der Waals surface area (Å²) in [6.45, 7) is 5.33. The maximum atomic E-state index is 11.4. The fraction of sp³-hybridized carbons (Fsp3) is 0.364. The van der Waals surface area contributed by atoms with Gasteiger partial charge >= 0.3 is 6.09 Å². The van der Waals surface area contributed by atoms with Gasteiger partial charge in [-0.05, 0) is 32.9 Å². The summed E-state index contributed by atoms with van der Waals surface area (Å²) < 4.78 is 5.06. The molecule has 4 N–H and O–H groups in total. The van der Waals surface area contributed by atoms with Crippen LogP contribution in [-0.2, 0) is 4.74 Å². The Kier molecular flexibility index (Phi) is 3.67. The maximum absolute atomic E-state index is 11.4. The summed E-state index contributed by atoms with van der Waals surface area (Å²) in [4.78, 5) is 15.3. The van der Waals surface area contributed by atoms with Crippen molar-refractivity contribution >= 4 is 17.7 Å². The molecule has 1 aromatic rings. The van der Waals surface area contributed by atoms with Crippen molar-refractivity contribution in [2.75, 3.05) is 5.32 Å². The van der Waals surface area contributed by atoms with Crippen LogP contribution in [0.25, 0.3) is 0 Å². The molecule has 0 bridgehead atoms. The van der Waals surface area contributed by atoms with E-state index in [0.717, 1.165) is 0 Å². The van der Waals surface area contributed by atoms with E-state index in [-0.39, 0.29) is 5.84 Å². The van der Waals surface area contributed by atoms with Crippen molar-refractivity contribution < 1.29 is 9.53 Å². The van der Waals surface area contributed by atoms with Crippen LogP contribution in [0.2, 0.25) is 0 Å². The van der Waals surface area contributed by atoms with E-state index in [4.69, 9.17) is 15.9 Å². The van der Waals surface area contributed by atoms with Crippen molar-refractivity contribution in [2.45, 2.75) is 26.4 Å². The molecule has 0 unspecified atom stereocenters. The molecule has 0 spiro atoms. The number of amides is 1. The van der Waals surface area contributed by atoms with Crippen LogP contribution >= 0.6 is 0 Å². The molecule has 6 heteroatoms. The van der Waals surface area contributed by atoms with E-state index in [1.54, 1.807) is 32.9 Å². The van der Waals surface area contributed by atoms with Gasteiger partial charge in [0.1, 0.15) is 17.3 Å². The fourth-order valence-electron chi connectivity index (χ4n) is 1.04. The van der Waals surface area contributed by atoms with Gasteiger partial charge in [0.25, 0.3) is 0 Å². The second-order valence-corrected chi connectivity index (χ2v) is 4.47. The zero-order chi connectivity index (χ0) is 13.1. The first-order valence-electron chi connectivity index (χ1n) is 5.08. The lowest BCUT2D eigenvalue weighted by Crippen LogP contribution is -2.27. The van der Waals surface area contributed by atoms with Gasteiger partial charge in [0.2, 0.25) is 0 Å². The standard InChI is InChI=1S/C11H16N4O2/c1-11(2,3)17-10(16)15-8-5-4-7(6-14-8)9(12)13/h4-6H,1-3H3,(H3,12,13)(H,14,15,16). The minimum Gasteiger partial charge on any atom is -0.444 e. The number of amidine groups is 1. The van der Waals surface area contributed by atoms with Gasteiger partial charge < -0.3 is 10.5 Å². The molecule has 17 heavy (non-hydrogen) atoms. The first kappa shape index (κ1) is 13.0. The molecule has 0 aliphatic rings. The molecule has 0 aliphatic heterocycles. The van der Waals surface area contributed by atoms with Gasteiger partial charge in [0.15, 0.2) is 0 Å². The normalized spacial score (nSPS) is 10.8. The van der Waals surface area contributed by atoms with Crippen molar-refractivity contribution in [3.8, 4) is 0 Å². The van der Waals surface area contributed by atoms with E-state index in [2.05, 4.69) is 10.3 Å². The zero-order valence-corrected chi connectivity index (χ0v) is 10.1. The lowest BCUT2D eigenvalue weighted by Gasteiger charge is -2.19. The smallest absolute Gasteiger partial charge is 0.413 e. The Bertz CT molecular complexity index is 420. The summed E-state index contributed by atoms with van der Waals surface area (Å²) in [5.74, 6) is 0.283. The number of carbonyl (C=O) groups excluding carboxylic acids is 1. The van der Waals surface area contributed by atoms with Crippen LogP contribution in [0, 0.1) is 5.41 Å². The number of nitrogens with two attached hydrogens (primary N) is 1. The highest BCUT2D eigenvalue weighted by atomic mass is 16.6. The Morgan fingerprint density at radius 3 is 2.53 bits per heavy atom. The van der Waals surface area contributed by atoms with Crippen LogP contribution in [0.3, 0.4) is 0 Å². The highest BCUT2D eigenvalue weighted by Gasteiger charge is 2.16. The van der Waals surface area contributed by atoms with E-state index >= 15 is 0 Å². The number of nitrogens with zero attached hydrogens (tertiary/aromatic N) is 1. The second-order valence-electron chi connectivity index (χ2n) is 4.47. The molecule has 0 fully saturated rings. The molecule has 0 aromatic carbocycles. The molecule has 0 radical (unpaired) electrons. The molecule has 6 nitrogen and oxygen atoms in total. The van der Waals surface area contributed by atoms with Gasteiger partial charge in [-0.25, -0.2) is 9.78 Å². The van der Waals surface area contributed by atoms with Crippen molar-refractivity contribution in [3.05, 3.63) is 23.9 Å². The second kappa shape index (κ2) is 4.82. The molecule has 1 heterocycles. The summed E-state index contributed by atoms with van der Waals surface area (Å²) in [5.41, 5.74) is 5.23. The van der Waals surface area contributed by atoms with Gasteiger partial charge in [-0.2, -0.15) is 0 Å². The van der Waals surface area contributed by atoms with E-state index in [1.807, 2.05) is 0 Å². The number of pyridine rings is 1. The third-order valence-corrected chi connectivity index (χ3v) is 1.70. The van der Waals surface area contributed by atoms with Gasteiger partial charge in [-0.15, -0.1) is 0 Å². The predicted molar refractivity (Wildman–Crippen MR) is 65.1 cm³/mol. The molecule has 0 atom stereocenters. The average molecular weight is 236 g/mol. The van der Waals surface area contributed by atoms with Crippen LogP contribution in [0.5, 0.6) is 0 Å². The summed E-state index contributed by atoms with van der Waals surface area (Å²) in [6, 6.07) is 3.16. The predicted octanol–water partition coefficient (Wildman–Crippen LogP) is 1.71. The Balaban J connectivity index is 2.64. The molecule has 1 amide bonds. The highest BCUT2D eigenvalue weighted by molar-refractivity contribution is 5.95. The van der Waals surface area contributed by atoms with Crippen molar-refractivity contribution in [1.82, 2.24) is 4.98 Å². The fourth-order valence-corrected chi connectivity index (χ4v) is 1.04. The molecule has 0 saturated heterocycles. The number of carbonyl (C=O) groups is 1. The number of hydrogen-bond acceptors (Lipinski definition) is 4. The largest absolute Gasteiger partial charge is 0.444 e. The Morgan fingerprint density at radius 2 is 2.12 bits per heavy atom. The topological polar surface area (TPSA) is 101 Å². The van der Waals surface area contributed by atoms with Crippen LogP contribution in [-0.4, -0.2) is 22.5 Å². The number of aromatic nitrogens is 1. The number of nitrogens with one attached hydrogen (secondary N) is 2. The third-order valence-electron chi connectivity index (χ3n) is 1.70. The lowest BCUT2D eigenvalue weighted by atomic mass is 10.2. The van der Waals surface area contributed by atoms with Gasteiger partial charge in [-0.3, -0.25) is 10.7 Å². The third kappa shape index (κ3) is 4.50. The molecule has 0 saturated carbocycles. The SMILES string of the molecule is CC(C)(C)OC(=O)Nc1ccc(C(=N)N)cn1. The minimum absolute atomic E-state index is 0.0682. The van der Waals surface area contributed by atoms with Gasteiger partial charge in [0.05, 0.1) is 0 Å². The van der Waals surface area contributed by atoms with Crippen molar-refractivity contribution in [3.63, 3.8) is 0 Å². The summed E-state index contributed by atoms with van der Waals surface area (Å²) in [6.07, 6.45) is 0.843. The number of anilines is 1. The number of nitrogen functional groups attached to an aromatic ring is 1. The molecule has 0 aliphatic carbocycles. The minimum atomic E-state index is -0.569. The lowest BCUT2D eigenvalue weighted by molar-refractivity contribution is 0.0635. The molecular weight excluding hydrogens is 220 g/mol. The zero-order valence-electron chi connectivity index (χ0n) is 10.1. The quantitative estimate of drug-likeness (QED) is 0.537. The number of ether oxygens (including phenoxy) is 1. The molecule has 1 aromatic heterocycles. The summed E-state index contributed by atoms with van der Waals surface area (Å²) in [7, 11) is 0. The Labute approximate surface area is 99.7 Å². The van der Waals surface area contributed by atoms with Gasteiger partial charge in [-0.1, -0.05) is 0 Å². The van der Waals surface area contributed by atoms with Gasteiger partial charge in [0, 0.05) is 11.8 Å². The number of hydrogen-bond donors (Lipinski definition) is 3. The Morgan fingerprint density at radius 1 is 1.47 bits per heavy atom. The Hall–Kier alpha value is -2.11. The van der Waals surface area contributed by atoms with E-state index < -0.39 is 11.7 Å². The molecule has 92 valence electrons. The maximum Gasteiger partial charge on any atom is 0.413 e. The van der Waals surface area contributed by atoms with Crippen molar-refractivity contribution in [1.29, 1.82) is 5.41 Å². The first-order valence-corrected chi connectivity index (χ1v) is 5.08. The summed E-state index contributed by atoms with van der Waals surface area (Å²) >= 11 is 0. The van der Waals surface area contributed by atoms with Crippen molar-refractivity contribution in [2.24, 2.45) is 5.73 Å². The van der Waals surface area contributed by atoms with E-state index in [9.17, 15) is 4.79 Å². The average Bonchev–Trinajstić information content (AvgIpc) is 2.15. The first-order chi connectivity index (χ1) is 7.78. The number of rotatable bonds is 2. The van der Waals surface area contributed by atoms with Crippen LogP contribution < -0.4 is 11.1 Å². The van der Waals surface area contributed by atoms with E-state index in [0.29, 0.717) is 11.4 Å². The molecule has 1 rings (SSSR count). The highest BCUT2D eigenvalue weighted by Crippen LogP contribution is 2.10. The molecular formula is C11H16N4O2. The monoisotopic (exact) mass is 236 g/mol. The van der Waals surface area contributed by atoms with Crippen LogP contribution in [0.15, 0.2) is 18.3 Å². The van der Waals surface area contributed by atoms with Crippen LogP contribution in [0.4, 0.5) is 10.6 Å². The van der Waals surface area contributed by atoms with Crippen LogP contribution in [0.1, 0.15) is 26.3 Å². The summed E-state index contributed by atoms with van der Waals surface area (Å²) in [5, 5.41) is 9.67.